The minimum absolute atomic E-state index is 0.211. The van der Waals surface area contributed by atoms with E-state index in [0.29, 0.717) is 6.54 Å². The van der Waals surface area contributed by atoms with Crippen molar-refractivity contribution in [2.75, 3.05) is 0 Å². The number of aryl methyl sites for hydroxylation is 2. The second kappa shape index (κ2) is 6.20. The molecule has 3 nitrogen and oxygen atoms in total. The zero-order valence-electron chi connectivity index (χ0n) is 12.8. The second-order valence-electron chi connectivity index (χ2n) is 6.07. The number of rotatable bonds is 4. The van der Waals surface area contributed by atoms with Crippen LogP contribution in [0.25, 0.3) is 0 Å². The number of esters is 1. The second-order valence-corrected chi connectivity index (χ2v) is 6.07. The third-order valence-electron chi connectivity index (χ3n) is 2.86. The largest absolute Gasteiger partial charge is 0.459 e. The van der Waals surface area contributed by atoms with E-state index < -0.39 is 5.60 Å². The lowest BCUT2D eigenvalue weighted by Crippen LogP contribution is -2.38. The first-order valence-corrected chi connectivity index (χ1v) is 6.71. The van der Waals surface area contributed by atoms with Crippen molar-refractivity contribution in [1.29, 1.82) is 0 Å². The molecule has 0 fully saturated rings. The maximum atomic E-state index is 11.8. The summed E-state index contributed by atoms with van der Waals surface area (Å²) in [7, 11) is 0. The monoisotopic (exact) mass is 263 g/mol. The summed E-state index contributed by atoms with van der Waals surface area (Å²) >= 11 is 0. The third-order valence-corrected chi connectivity index (χ3v) is 2.86. The summed E-state index contributed by atoms with van der Waals surface area (Å²) in [6, 6.07) is 6.02. The fourth-order valence-electron chi connectivity index (χ4n) is 1.78. The summed E-state index contributed by atoms with van der Waals surface area (Å²) in [6.07, 6.45) is 0. The van der Waals surface area contributed by atoms with E-state index in [-0.39, 0.29) is 12.0 Å². The summed E-state index contributed by atoms with van der Waals surface area (Å²) in [6.45, 7) is 12.3. The van der Waals surface area contributed by atoms with Gasteiger partial charge >= 0.3 is 5.97 Å². The Labute approximate surface area is 116 Å². The smallest absolute Gasteiger partial charge is 0.323 e. The lowest BCUT2D eigenvalue weighted by molar-refractivity contribution is -0.157. The molecule has 19 heavy (non-hydrogen) atoms. The predicted octanol–water partition coefficient (Wildman–Crippen LogP) is 3.12. The Hall–Kier alpha value is -1.35. The van der Waals surface area contributed by atoms with Crippen LogP contribution in [0.1, 0.15) is 44.4 Å². The fourth-order valence-corrected chi connectivity index (χ4v) is 1.78. The van der Waals surface area contributed by atoms with E-state index in [1.807, 2.05) is 27.7 Å². The molecule has 0 aromatic heterocycles. The molecule has 1 aromatic carbocycles. The molecular formula is C16H25NO2. The maximum Gasteiger partial charge on any atom is 0.323 e. The molecule has 0 amide bonds. The fraction of sp³-hybridized carbons (Fsp3) is 0.562. The number of hydrogen-bond donors (Lipinski definition) is 1. The van der Waals surface area contributed by atoms with Crippen LogP contribution in [0.3, 0.4) is 0 Å². The Morgan fingerprint density at radius 3 is 2.47 bits per heavy atom. The van der Waals surface area contributed by atoms with Crippen LogP contribution in [0, 0.1) is 13.8 Å². The van der Waals surface area contributed by atoms with Crippen LogP contribution in [-0.4, -0.2) is 17.6 Å². The van der Waals surface area contributed by atoms with Crippen LogP contribution in [0.15, 0.2) is 18.2 Å². The van der Waals surface area contributed by atoms with Crippen LogP contribution in [0.4, 0.5) is 0 Å². The highest BCUT2D eigenvalue weighted by Gasteiger charge is 2.21. The van der Waals surface area contributed by atoms with Crippen molar-refractivity contribution in [1.82, 2.24) is 5.32 Å². The van der Waals surface area contributed by atoms with Crippen molar-refractivity contribution in [3.05, 3.63) is 34.9 Å². The molecule has 106 valence electrons. The average Bonchev–Trinajstić information content (AvgIpc) is 2.25. The van der Waals surface area contributed by atoms with Gasteiger partial charge in [0.05, 0.1) is 0 Å². The van der Waals surface area contributed by atoms with E-state index in [9.17, 15) is 4.79 Å². The summed E-state index contributed by atoms with van der Waals surface area (Å²) < 4.78 is 5.34. The predicted molar refractivity (Wildman–Crippen MR) is 78.1 cm³/mol. The minimum Gasteiger partial charge on any atom is -0.459 e. The van der Waals surface area contributed by atoms with E-state index in [1.54, 1.807) is 0 Å². The van der Waals surface area contributed by atoms with Gasteiger partial charge in [-0.15, -0.1) is 0 Å². The van der Waals surface area contributed by atoms with Gasteiger partial charge in [-0.1, -0.05) is 23.8 Å². The van der Waals surface area contributed by atoms with E-state index >= 15 is 0 Å². The van der Waals surface area contributed by atoms with Crippen molar-refractivity contribution in [3.8, 4) is 0 Å². The first-order chi connectivity index (χ1) is 8.69. The molecule has 0 bridgehead atoms. The Morgan fingerprint density at radius 1 is 1.32 bits per heavy atom. The normalized spacial score (nSPS) is 13.2. The SMILES string of the molecule is Cc1ccc(CNC(C)C(=O)OC(C)(C)C)c(C)c1. The average molecular weight is 263 g/mol. The van der Waals surface area contributed by atoms with Crippen molar-refractivity contribution in [3.63, 3.8) is 0 Å². The van der Waals surface area contributed by atoms with Crippen LogP contribution in [0.2, 0.25) is 0 Å². The van der Waals surface area contributed by atoms with Gasteiger partial charge < -0.3 is 10.1 Å². The van der Waals surface area contributed by atoms with Gasteiger partial charge in [0.15, 0.2) is 0 Å². The van der Waals surface area contributed by atoms with Gasteiger partial charge in [0, 0.05) is 6.54 Å². The number of hydrogen-bond acceptors (Lipinski definition) is 3. The van der Waals surface area contributed by atoms with Gasteiger partial charge in [0.25, 0.3) is 0 Å². The Bertz CT molecular complexity index is 447. The zero-order chi connectivity index (χ0) is 14.6. The van der Waals surface area contributed by atoms with E-state index in [4.69, 9.17) is 4.74 Å². The maximum absolute atomic E-state index is 11.8. The third kappa shape index (κ3) is 5.43. The molecule has 0 aliphatic carbocycles. The van der Waals surface area contributed by atoms with Gasteiger partial charge in [-0.2, -0.15) is 0 Å². The molecule has 1 aromatic rings. The molecule has 1 N–H and O–H groups in total. The summed E-state index contributed by atoms with van der Waals surface area (Å²) in [4.78, 5) is 11.8. The highest BCUT2D eigenvalue weighted by atomic mass is 16.6. The van der Waals surface area contributed by atoms with Crippen molar-refractivity contribution in [2.24, 2.45) is 0 Å². The summed E-state index contributed by atoms with van der Waals surface area (Å²) in [5, 5.41) is 3.21. The molecule has 0 spiro atoms. The topological polar surface area (TPSA) is 38.3 Å². The number of benzene rings is 1. The Morgan fingerprint density at radius 2 is 1.95 bits per heavy atom. The number of carbonyl (C=O) groups excluding carboxylic acids is 1. The highest BCUT2D eigenvalue weighted by Crippen LogP contribution is 2.11. The van der Waals surface area contributed by atoms with Gasteiger partial charge in [-0.25, -0.2) is 0 Å². The molecule has 0 aliphatic heterocycles. The molecule has 0 radical (unpaired) electrons. The Kier molecular flexibility index (Phi) is 5.12. The van der Waals surface area contributed by atoms with E-state index in [0.717, 1.165) is 0 Å². The minimum atomic E-state index is -0.438. The van der Waals surface area contributed by atoms with Crippen LogP contribution in [-0.2, 0) is 16.1 Å². The molecule has 1 rings (SSSR count). The number of carbonyl (C=O) groups is 1. The summed E-state index contributed by atoms with van der Waals surface area (Å²) in [5.41, 5.74) is 3.26. The molecule has 1 unspecified atom stereocenters. The highest BCUT2D eigenvalue weighted by molar-refractivity contribution is 5.75. The molecule has 1 atom stereocenters. The van der Waals surface area contributed by atoms with Gasteiger partial charge in [-0.05, 0) is 52.7 Å². The van der Waals surface area contributed by atoms with E-state index in [2.05, 4.69) is 37.4 Å². The number of nitrogens with one attached hydrogen (secondary N) is 1. The van der Waals surface area contributed by atoms with Gasteiger partial charge in [0.2, 0.25) is 0 Å². The van der Waals surface area contributed by atoms with Crippen LogP contribution >= 0.6 is 0 Å². The lowest BCUT2D eigenvalue weighted by atomic mass is 10.1. The van der Waals surface area contributed by atoms with Gasteiger partial charge in [-0.3, -0.25) is 4.79 Å². The molecule has 0 saturated heterocycles. The van der Waals surface area contributed by atoms with Crippen LogP contribution in [0.5, 0.6) is 0 Å². The molecule has 0 saturated carbocycles. The molecule has 0 heterocycles. The molecule has 3 heteroatoms. The molecule has 0 aliphatic rings. The Balaban J connectivity index is 2.54. The number of ether oxygens (including phenoxy) is 1. The molecular weight excluding hydrogens is 238 g/mol. The first kappa shape index (κ1) is 15.7. The van der Waals surface area contributed by atoms with Crippen LogP contribution < -0.4 is 5.32 Å². The van der Waals surface area contributed by atoms with Crippen molar-refractivity contribution in [2.45, 2.75) is 59.7 Å². The quantitative estimate of drug-likeness (QED) is 0.848. The zero-order valence-corrected chi connectivity index (χ0v) is 12.8. The standard InChI is InChI=1S/C16H25NO2/c1-11-7-8-14(12(2)9-11)10-17-13(3)15(18)19-16(4,5)6/h7-9,13,17H,10H2,1-6H3. The van der Waals surface area contributed by atoms with Gasteiger partial charge in [0.1, 0.15) is 11.6 Å². The van der Waals surface area contributed by atoms with Crippen molar-refractivity contribution >= 4 is 5.97 Å². The lowest BCUT2D eigenvalue weighted by Gasteiger charge is -2.23. The van der Waals surface area contributed by atoms with Crippen molar-refractivity contribution < 1.29 is 9.53 Å². The first-order valence-electron chi connectivity index (χ1n) is 6.71. The van der Waals surface area contributed by atoms with E-state index in [1.165, 1.54) is 16.7 Å². The summed E-state index contributed by atoms with van der Waals surface area (Å²) in [5.74, 6) is -0.211.